The second-order valence-electron chi connectivity index (χ2n) is 4.68. The predicted molar refractivity (Wildman–Crippen MR) is 78.9 cm³/mol. The molecule has 1 heterocycles. The van der Waals surface area contributed by atoms with Crippen molar-refractivity contribution in [2.45, 2.75) is 13.3 Å². The van der Waals surface area contributed by atoms with E-state index in [1.54, 1.807) is 6.07 Å². The van der Waals surface area contributed by atoms with Crippen molar-refractivity contribution in [2.24, 2.45) is 0 Å². The second-order valence-corrected chi connectivity index (χ2v) is 4.68. The van der Waals surface area contributed by atoms with Gasteiger partial charge in [-0.1, -0.05) is 42.4 Å². The third-order valence-corrected chi connectivity index (χ3v) is 3.31. The van der Waals surface area contributed by atoms with E-state index < -0.39 is 5.82 Å². The Labute approximate surface area is 121 Å². The lowest BCUT2D eigenvalue weighted by molar-refractivity contribution is 0.430. The lowest BCUT2D eigenvalue weighted by Crippen LogP contribution is -1.93. The molecule has 0 aliphatic rings. The number of benzene rings is 2. The molecule has 3 aromatic rings. The summed E-state index contributed by atoms with van der Waals surface area (Å²) in [6, 6.07) is 12.3. The normalized spacial score (nSPS) is 10.8. The van der Waals surface area contributed by atoms with Gasteiger partial charge in [-0.05, 0) is 24.1 Å². The van der Waals surface area contributed by atoms with Gasteiger partial charge in [0.05, 0.1) is 5.56 Å². The molecule has 1 aromatic heterocycles. The summed E-state index contributed by atoms with van der Waals surface area (Å²) in [5.41, 5.74) is 8.22. The third-order valence-electron chi connectivity index (χ3n) is 3.31. The van der Waals surface area contributed by atoms with Crippen LogP contribution in [0.2, 0.25) is 0 Å². The highest BCUT2D eigenvalue weighted by molar-refractivity contribution is 5.72. The molecule has 0 aliphatic heterocycles. The van der Waals surface area contributed by atoms with E-state index in [0.717, 1.165) is 12.0 Å². The van der Waals surface area contributed by atoms with Gasteiger partial charge in [-0.2, -0.15) is 4.98 Å². The van der Waals surface area contributed by atoms with Crippen LogP contribution in [-0.4, -0.2) is 10.1 Å². The first-order valence-corrected chi connectivity index (χ1v) is 6.66. The van der Waals surface area contributed by atoms with Gasteiger partial charge in [-0.15, -0.1) is 0 Å². The van der Waals surface area contributed by atoms with Gasteiger partial charge in [0.15, 0.2) is 0 Å². The molecule has 0 saturated heterocycles. The van der Waals surface area contributed by atoms with Gasteiger partial charge in [0.2, 0.25) is 5.82 Å². The van der Waals surface area contributed by atoms with Crippen LogP contribution < -0.4 is 5.73 Å². The molecule has 4 nitrogen and oxygen atoms in total. The minimum Gasteiger partial charge on any atom is -0.398 e. The summed E-state index contributed by atoms with van der Waals surface area (Å²) < 4.78 is 19.0. The van der Waals surface area contributed by atoms with Gasteiger partial charge >= 0.3 is 0 Å². The number of aryl methyl sites for hydroxylation is 1. The summed E-state index contributed by atoms with van der Waals surface area (Å²) in [7, 11) is 0. The van der Waals surface area contributed by atoms with Crippen molar-refractivity contribution >= 4 is 5.69 Å². The van der Waals surface area contributed by atoms with Crippen molar-refractivity contribution < 1.29 is 8.91 Å². The van der Waals surface area contributed by atoms with Gasteiger partial charge < -0.3 is 10.3 Å². The third kappa shape index (κ3) is 2.50. The van der Waals surface area contributed by atoms with Crippen molar-refractivity contribution in [3.63, 3.8) is 0 Å². The van der Waals surface area contributed by atoms with Crippen LogP contribution in [0, 0.1) is 5.82 Å². The molecule has 106 valence electrons. The minimum atomic E-state index is -0.480. The van der Waals surface area contributed by atoms with Crippen LogP contribution in [0.5, 0.6) is 0 Å². The maximum atomic E-state index is 13.8. The molecular weight excluding hydrogens is 269 g/mol. The number of nitrogens with zero attached hydrogens (tertiary/aromatic N) is 2. The van der Waals surface area contributed by atoms with E-state index in [-0.39, 0.29) is 17.1 Å². The fourth-order valence-electron chi connectivity index (χ4n) is 2.10. The Morgan fingerprint density at radius 2 is 1.90 bits per heavy atom. The van der Waals surface area contributed by atoms with Crippen LogP contribution in [0.25, 0.3) is 22.8 Å². The molecule has 0 saturated carbocycles. The summed E-state index contributed by atoms with van der Waals surface area (Å²) in [5.74, 6) is 0.0157. The number of hydrogen-bond donors (Lipinski definition) is 1. The van der Waals surface area contributed by atoms with Crippen molar-refractivity contribution in [1.29, 1.82) is 0 Å². The second kappa shape index (κ2) is 5.36. The van der Waals surface area contributed by atoms with E-state index in [1.807, 2.05) is 24.3 Å². The van der Waals surface area contributed by atoms with E-state index in [4.69, 9.17) is 10.3 Å². The van der Waals surface area contributed by atoms with Crippen LogP contribution in [0.1, 0.15) is 12.5 Å². The molecular formula is C16H14FN3O. The summed E-state index contributed by atoms with van der Waals surface area (Å²) in [4.78, 5) is 4.23. The highest BCUT2D eigenvalue weighted by atomic mass is 19.1. The van der Waals surface area contributed by atoms with Gasteiger partial charge in [0.1, 0.15) is 5.82 Å². The first-order chi connectivity index (χ1) is 10.2. The molecule has 0 aliphatic carbocycles. The van der Waals surface area contributed by atoms with E-state index in [2.05, 4.69) is 17.1 Å². The van der Waals surface area contributed by atoms with Crippen LogP contribution in [0.4, 0.5) is 10.1 Å². The average molecular weight is 283 g/mol. The Morgan fingerprint density at radius 1 is 1.14 bits per heavy atom. The molecule has 0 spiro atoms. The predicted octanol–water partition coefficient (Wildman–Crippen LogP) is 3.69. The molecule has 21 heavy (non-hydrogen) atoms. The van der Waals surface area contributed by atoms with E-state index in [0.29, 0.717) is 5.82 Å². The average Bonchev–Trinajstić information content (AvgIpc) is 2.97. The maximum absolute atomic E-state index is 13.8. The summed E-state index contributed by atoms with van der Waals surface area (Å²) in [5, 5.41) is 3.89. The molecule has 0 fully saturated rings. The number of nitrogens with two attached hydrogens (primary N) is 1. The number of rotatable bonds is 3. The van der Waals surface area contributed by atoms with Crippen molar-refractivity contribution in [2.75, 3.05) is 5.73 Å². The molecule has 0 bridgehead atoms. The fraction of sp³-hybridized carbons (Fsp3) is 0.125. The molecule has 3 rings (SSSR count). The van der Waals surface area contributed by atoms with E-state index in [1.165, 1.54) is 17.7 Å². The Morgan fingerprint density at radius 3 is 2.57 bits per heavy atom. The molecule has 0 unspecified atom stereocenters. The first-order valence-electron chi connectivity index (χ1n) is 6.66. The fourth-order valence-corrected chi connectivity index (χ4v) is 2.10. The standard InChI is InChI=1S/C16H14FN3O/c1-2-10-6-8-11(9-7-10)15-19-16(21-20-15)14-12(17)4-3-5-13(14)18/h3-9H,2,18H2,1H3. The zero-order valence-corrected chi connectivity index (χ0v) is 11.5. The summed E-state index contributed by atoms with van der Waals surface area (Å²) in [6.45, 7) is 2.09. The topological polar surface area (TPSA) is 64.9 Å². The number of anilines is 1. The Hall–Kier alpha value is -2.69. The van der Waals surface area contributed by atoms with Crippen LogP contribution in [0.15, 0.2) is 47.0 Å². The van der Waals surface area contributed by atoms with Crippen LogP contribution >= 0.6 is 0 Å². The van der Waals surface area contributed by atoms with Crippen molar-refractivity contribution in [3.05, 3.63) is 53.8 Å². The quantitative estimate of drug-likeness (QED) is 0.744. The van der Waals surface area contributed by atoms with Crippen molar-refractivity contribution in [1.82, 2.24) is 10.1 Å². The molecule has 2 N–H and O–H groups in total. The zero-order valence-electron chi connectivity index (χ0n) is 11.5. The number of nitrogen functional groups attached to an aromatic ring is 1. The Bertz CT molecular complexity index is 745. The summed E-state index contributed by atoms with van der Waals surface area (Å²) >= 11 is 0. The largest absolute Gasteiger partial charge is 0.398 e. The molecule has 0 amide bonds. The van der Waals surface area contributed by atoms with E-state index >= 15 is 0 Å². The highest BCUT2D eigenvalue weighted by Crippen LogP contribution is 2.29. The van der Waals surface area contributed by atoms with E-state index in [9.17, 15) is 4.39 Å². The molecule has 0 atom stereocenters. The number of halogens is 1. The van der Waals surface area contributed by atoms with Crippen LogP contribution in [0.3, 0.4) is 0 Å². The Balaban J connectivity index is 1.99. The van der Waals surface area contributed by atoms with Crippen molar-refractivity contribution in [3.8, 4) is 22.8 Å². The van der Waals surface area contributed by atoms with Gasteiger partial charge in [0, 0.05) is 11.3 Å². The Kier molecular flexibility index (Phi) is 3.39. The highest BCUT2D eigenvalue weighted by Gasteiger charge is 2.16. The smallest absolute Gasteiger partial charge is 0.263 e. The molecule has 5 heteroatoms. The molecule has 0 radical (unpaired) electrons. The van der Waals surface area contributed by atoms with Gasteiger partial charge in [0.25, 0.3) is 5.89 Å². The number of aromatic nitrogens is 2. The SMILES string of the molecule is CCc1ccc(-c2noc(-c3c(N)cccc3F)n2)cc1. The summed E-state index contributed by atoms with van der Waals surface area (Å²) in [6.07, 6.45) is 0.962. The number of hydrogen-bond acceptors (Lipinski definition) is 4. The first kappa shape index (κ1) is 13.3. The molecule has 2 aromatic carbocycles. The lowest BCUT2D eigenvalue weighted by atomic mass is 10.1. The van der Waals surface area contributed by atoms with Gasteiger partial charge in [-0.25, -0.2) is 4.39 Å². The van der Waals surface area contributed by atoms with Crippen LogP contribution in [-0.2, 0) is 6.42 Å². The minimum absolute atomic E-state index is 0.0835. The lowest BCUT2D eigenvalue weighted by Gasteiger charge is -2.00. The van der Waals surface area contributed by atoms with Gasteiger partial charge in [-0.3, -0.25) is 0 Å². The monoisotopic (exact) mass is 283 g/mol. The maximum Gasteiger partial charge on any atom is 0.263 e. The zero-order chi connectivity index (χ0) is 14.8.